The molecule has 3 N–H and O–H groups in total. The van der Waals surface area contributed by atoms with Crippen molar-refractivity contribution < 1.29 is 9.84 Å². The summed E-state index contributed by atoms with van der Waals surface area (Å²) in [5.74, 6) is 0.732. The van der Waals surface area contributed by atoms with E-state index in [0.29, 0.717) is 35.6 Å². The number of hydrogen-bond acceptors (Lipinski definition) is 8. The van der Waals surface area contributed by atoms with E-state index in [-0.39, 0.29) is 11.4 Å². The minimum atomic E-state index is -1.20. The lowest BCUT2D eigenvalue weighted by atomic mass is 9.81. The van der Waals surface area contributed by atoms with E-state index < -0.39 is 5.60 Å². The van der Waals surface area contributed by atoms with E-state index in [1.54, 1.807) is 13.1 Å². The number of nitrogen functional groups attached to an aromatic ring is 1. The van der Waals surface area contributed by atoms with Crippen molar-refractivity contribution >= 4 is 40.4 Å². The Balaban J connectivity index is 1.67. The summed E-state index contributed by atoms with van der Waals surface area (Å²) in [5, 5.41) is 14.2. The molecule has 0 bridgehead atoms. The molecule has 2 atom stereocenters. The van der Waals surface area contributed by atoms with E-state index in [9.17, 15) is 5.11 Å². The first-order chi connectivity index (χ1) is 13.9. The highest BCUT2D eigenvalue weighted by atomic mass is 35.5. The number of fused-ring (bicyclic) bond motifs is 2. The zero-order chi connectivity index (χ0) is 20.2. The molecular weight excluding hydrogens is 410 g/mol. The van der Waals surface area contributed by atoms with Gasteiger partial charge in [-0.2, -0.15) is 4.98 Å². The van der Waals surface area contributed by atoms with Crippen molar-refractivity contribution in [1.82, 2.24) is 15.0 Å². The van der Waals surface area contributed by atoms with Crippen LogP contribution in [0.25, 0.3) is 0 Å². The number of aliphatic hydroxyl groups is 1. The summed E-state index contributed by atoms with van der Waals surface area (Å²) in [6.45, 7) is 3.79. The first-order valence-electron chi connectivity index (χ1n) is 9.31. The fourth-order valence-electron chi connectivity index (χ4n) is 4.26. The third-order valence-corrected chi connectivity index (χ3v) is 7.09. The molecule has 1 fully saturated rings. The number of nitrogens with zero attached hydrogens (tertiary/aromatic N) is 4. The van der Waals surface area contributed by atoms with Gasteiger partial charge in [-0.05, 0) is 30.5 Å². The predicted octanol–water partition coefficient (Wildman–Crippen LogP) is 3.23. The highest BCUT2D eigenvalue weighted by molar-refractivity contribution is 7.09. The molecule has 7 nitrogen and oxygen atoms in total. The summed E-state index contributed by atoms with van der Waals surface area (Å²) in [6, 6.07) is 6.05. The molecule has 1 spiro atoms. The normalized spacial score (nSPS) is 22.8. The molecule has 1 saturated heterocycles. The fraction of sp³-hybridized carbons (Fsp3) is 0.350. The van der Waals surface area contributed by atoms with E-state index in [1.807, 2.05) is 17.5 Å². The smallest absolute Gasteiger partial charge is 0.222 e. The van der Waals surface area contributed by atoms with E-state index in [2.05, 4.69) is 25.9 Å². The van der Waals surface area contributed by atoms with Crippen LogP contribution in [0.3, 0.4) is 0 Å². The second kappa shape index (κ2) is 6.63. The maximum Gasteiger partial charge on any atom is 0.222 e. The minimum absolute atomic E-state index is 0.135. The number of anilines is 3. The van der Waals surface area contributed by atoms with Crippen molar-refractivity contribution in [3.05, 3.63) is 57.1 Å². The average molecular weight is 430 g/mol. The molecular formula is C20H20ClN5O2S. The van der Waals surface area contributed by atoms with Crippen LogP contribution in [0.4, 0.5) is 17.5 Å². The van der Waals surface area contributed by atoms with Crippen LogP contribution >= 0.6 is 22.9 Å². The second-order valence-corrected chi connectivity index (χ2v) is 9.01. The Morgan fingerprint density at radius 1 is 1.38 bits per heavy atom. The van der Waals surface area contributed by atoms with E-state index in [4.69, 9.17) is 22.1 Å². The van der Waals surface area contributed by atoms with Crippen molar-refractivity contribution in [1.29, 1.82) is 0 Å². The molecule has 0 saturated carbocycles. The van der Waals surface area contributed by atoms with Gasteiger partial charge in [0.2, 0.25) is 5.95 Å². The summed E-state index contributed by atoms with van der Waals surface area (Å²) in [5.41, 5.74) is 7.38. The zero-order valence-corrected chi connectivity index (χ0v) is 17.4. The van der Waals surface area contributed by atoms with Crippen LogP contribution in [0.15, 0.2) is 36.0 Å². The summed E-state index contributed by atoms with van der Waals surface area (Å²) in [6.07, 6.45) is 4.13. The molecule has 3 aromatic rings. The summed E-state index contributed by atoms with van der Waals surface area (Å²) < 4.78 is 5.76. The number of rotatable bonds is 3. The lowest BCUT2D eigenvalue weighted by Crippen LogP contribution is -2.32. The Morgan fingerprint density at radius 2 is 2.24 bits per heavy atom. The molecule has 150 valence electrons. The highest BCUT2D eigenvalue weighted by Crippen LogP contribution is 2.50. The van der Waals surface area contributed by atoms with Gasteiger partial charge in [0.15, 0.2) is 5.82 Å². The lowest BCUT2D eigenvalue weighted by molar-refractivity contribution is 0.102. The molecule has 0 unspecified atom stereocenters. The van der Waals surface area contributed by atoms with Crippen molar-refractivity contribution in [2.24, 2.45) is 0 Å². The Morgan fingerprint density at radius 3 is 2.97 bits per heavy atom. The summed E-state index contributed by atoms with van der Waals surface area (Å²) >= 11 is 7.86. The van der Waals surface area contributed by atoms with Gasteiger partial charge in [-0.25, -0.2) is 9.97 Å². The fourth-order valence-corrected chi connectivity index (χ4v) is 5.17. The molecule has 0 amide bonds. The quantitative estimate of drug-likeness (QED) is 0.659. The Labute approximate surface area is 177 Å². The number of nitrogens with two attached hydrogens (primary N) is 1. The Bertz CT molecular complexity index is 1070. The SMILES string of the molecule is C[C@](O)(c1ccc2c(c1)N(c1nc(N)ncc1Cl)C[C@]21CCOC1)c1nccs1. The standard InChI is InChI=1S/C20H20ClN5O2S/c1-19(27,17-23-5-7-29-17)12-2-3-13-15(8-12)26(10-20(13)4-6-28-11-20)16-14(21)9-24-18(22)25-16/h2-3,5,7-9,27H,4,6,10-11H2,1H3,(H2,22,24,25)/t19-,20-/m0/s1. The molecule has 29 heavy (non-hydrogen) atoms. The van der Waals surface area contributed by atoms with E-state index in [1.165, 1.54) is 23.1 Å². The van der Waals surface area contributed by atoms with Crippen LogP contribution in [0, 0.1) is 0 Å². The number of hydrogen-bond donors (Lipinski definition) is 2. The highest BCUT2D eigenvalue weighted by Gasteiger charge is 2.47. The first kappa shape index (κ1) is 18.7. The first-order valence-corrected chi connectivity index (χ1v) is 10.6. The minimum Gasteiger partial charge on any atom is -0.380 e. The third kappa shape index (κ3) is 2.90. The van der Waals surface area contributed by atoms with Crippen molar-refractivity contribution in [2.45, 2.75) is 24.4 Å². The lowest BCUT2D eigenvalue weighted by Gasteiger charge is -2.24. The van der Waals surface area contributed by atoms with Gasteiger partial charge in [0, 0.05) is 35.8 Å². The number of halogens is 1. The number of aromatic nitrogens is 3. The molecule has 1 aromatic carbocycles. The Kier molecular flexibility index (Phi) is 4.29. The maximum absolute atomic E-state index is 11.2. The number of benzene rings is 1. The summed E-state index contributed by atoms with van der Waals surface area (Å²) in [7, 11) is 0. The third-order valence-electron chi connectivity index (χ3n) is 5.83. The number of ether oxygens (including phenoxy) is 1. The summed E-state index contributed by atoms with van der Waals surface area (Å²) in [4.78, 5) is 14.7. The van der Waals surface area contributed by atoms with Crippen LogP contribution in [0.2, 0.25) is 5.02 Å². The van der Waals surface area contributed by atoms with Crippen LogP contribution in [0.5, 0.6) is 0 Å². The van der Waals surface area contributed by atoms with Gasteiger partial charge in [0.1, 0.15) is 15.6 Å². The van der Waals surface area contributed by atoms with Crippen LogP contribution in [-0.4, -0.2) is 39.8 Å². The van der Waals surface area contributed by atoms with Crippen molar-refractivity contribution in [3.63, 3.8) is 0 Å². The van der Waals surface area contributed by atoms with E-state index >= 15 is 0 Å². The van der Waals surface area contributed by atoms with Gasteiger partial charge in [0.25, 0.3) is 0 Å². The molecule has 9 heteroatoms. The van der Waals surface area contributed by atoms with Gasteiger partial charge < -0.3 is 20.5 Å². The molecule has 0 aliphatic carbocycles. The molecule has 2 aliphatic heterocycles. The van der Waals surface area contributed by atoms with Crippen LogP contribution < -0.4 is 10.6 Å². The van der Waals surface area contributed by atoms with Gasteiger partial charge in [-0.3, -0.25) is 0 Å². The van der Waals surface area contributed by atoms with Gasteiger partial charge >= 0.3 is 0 Å². The maximum atomic E-state index is 11.2. The van der Waals surface area contributed by atoms with Gasteiger partial charge in [-0.15, -0.1) is 11.3 Å². The van der Waals surface area contributed by atoms with Crippen molar-refractivity contribution in [3.8, 4) is 0 Å². The zero-order valence-electron chi connectivity index (χ0n) is 15.8. The molecule has 2 aromatic heterocycles. The predicted molar refractivity (Wildman–Crippen MR) is 113 cm³/mol. The van der Waals surface area contributed by atoms with Gasteiger partial charge in [-0.1, -0.05) is 23.7 Å². The topological polar surface area (TPSA) is 97.4 Å². The second-order valence-electron chi connectivity index (χ2n) is 7.71. The van der Waals surface area contributed by atoms with Crippen LogP contribution in [-0.2, 0) is 15.8 Å². The van der Waals surface area contributed by atoms with Gasteiger partial charge in [0.05, 0.1) is 12.8 Å². The monoisotopic (exact) mass is 429 g/mol. The Hall–Kier alpha value is -2.26. The van der Waals surface area contributed by atoms with E-state index in [0.717, 1.165) is 17.7 Å². The largest absolute Gasteiger partial charge is 0.380 e. The molecule has 2 aliphatic rings. The molecule has 4 heterocycles. The van der Waals surface area contributed by atoms with Crippen LogP contribution in [0.1, 0.15) is 29.5 Å². The number of thiazole rings is 1. The molecule has 5 rings (SSSR count). The molecule has 0 radical (unpaired) electrons. The average Bonchev–Trinajstić information content (AvgIpc) is 3.46. The van der Waals surface area contributed by atoms with Crippen molar-refractivity contribution in [2.75, 3.05) is 30.4 Å².